The number of nitrogens with zero attached hydrogens (tertiary/aromatic N) is 2. The molecule has 29 heavy (non-hydrogen) atoms. The van der Waals surface area contributed by atoms with Crippen molar-refractivity contribution in [2.75, 3.05) is 23.9 Å². The van der Waals surface area contributed by atoms with Gasteiger partial charge in [-0.05, 0) is 49.5 Å². The van der Waals surface area contributed by atoms with Gasteiger partial charge in [0.05, 0.1) is 9.79 Å². The van der Waals surface area contributed by atoms with Gasteiger partial charge in [0, 0.05) is 23.7 Å². The minimum absolute atomic E-state index is 0.128. The first-order valence-corrected chi connectivity index (χ1v) is 11.7. The second kappa shape index (κ2) is 8.15. The van der Waals surface area contributed by atoms with Crippen molar-refractivity contribution < 1.29 is 16.8 Å². The Kier molecular flexibility index (Phi) is 5.82. The third-order valence-electron chi connectivity index (χ3n) is 3.91. The van der Waals surface area contributed by atoms with Gasteiger partial charge in [0.25, 0.3) is 0 Å². The predicted molar refractivity (Wildman–Crippen MR) is 111 cm³/mol. The lowest BCUT2D eigenvalue weighted by atomic mass is 10.3. The van der Waals surface area contributed by atoms with Crippen LogP contribution in [0, 0.1) is 0 Å². The Balaban J connectivity index is 1.77. The maximum Gasteiger partial charge on any atom is 0.240 e. The molecule has 3 aromatic rings. The summed E-state index contributed by atoms with van der Waals surface area (Å²) >= 11 is 0. The molecule has 0 radical (unpaired) electrons. The number of sulfone groups is 1. The highest BCUT2D eigenvalue weighted by molar-refractivity contribution is 7.90. The van der Waals surface area contributed by atoms with Crippen molar-refractivity contribution in [3.63, 3.8) is 0 Å². The van der Waals surface area contributed by atoms with Gasteiger partial charge >= 0.3 is 0 Å². The van der Waals surface area contributed by atoms with Crippen LogP contribution in [0.3, 0.4) is 0 Å². The molecule has 152 valence electrons. The molecule has 0 unspecified atom stereocenters. The SMILES string of the molecule is CNS(=O)(=O)c1cccc(Nc2cc(Nc3ccc(S(C)(=O)=O)cc3)ncn2)c1. The molecule has 0 fully saturated rings. The molecule has 0 atom stereocenters. The largest absolute Gasteiger partial charge is 0.340 e. The second-order valence-electron chi connectivity index (χ2n) is 6.07. The van der Waals surface area contributed by atoms with E-state index in [4.69, 9.17) is 0 Å². The fourth-order valence-corrected chi connectivity index (χ4v) is 3.84. The summed E-state index contributed by atoms with van der Waals surface area (Å²) in [6.07, 6.45) is 2.50. The van der Waals surface area contributed by atoms with Crippen LogP contribution in [-0.2, 0) is 19.9 Å². The maximum atomic E-state index is 11.9. The van der Waals surface area contributed by atoms with Gasteiger partial charge in [-0.2, -0.15) is 0 Å². The van der Waals surface area contributed by atoms with E-state index in [1.807, 2.05) is 0 Å². The van der Waals surface area contributed by atoms with Crippen LogP contribution >= 0.6 is 0 Å². The summed E-state index contributed by atoms with van der Waals surface area (Å²) < 4.78 is 49.2. The van der Waals surface area contributed by atoms with Crippen molar-refractivity contribution in [2.24, 2.45) is 0 Å². The van der Waals surface area contributed by atoms with E-state index in [1.54, 1.807) is 30.3 Å². The van der Waals surface area contributed by atoms with Crippen molar-refractivity contribution in [1.29, 1.82) is 0 Å². The fraction of sp³-hybridized carbons (Fsp3) is 0.111. The summed E-state index contributed by atoms with van der Waals surface area (Å²) in [4.78, 5) is 8.61. The van der Waals surface area contributed by atoms with E-state index in [9.17, 15) is 16.8 Å². The standard InChI is InChI=1S/C18H19N5O4S2/c1-19-29(26,27)16-5-3-4-14(10-16)23-18-11-17(20-12-21-18)22-13-6-8-15(9-7-13)28(2,24)25/h3-12,19H,1-2H3,(H2,20,21,22,23). The summed E-state index contributed by atoms with van der Waals surface area (Å²) in [5.41, 5.74) is 1.20. The maximum absolute atomic E-state index is 11.9. The molecule has 2 aromatic carbocycles. The molecule has 0 aliphatic heterocycles. The molecule has 0 aliphatic rings. The van der Waals surface area contributed by atoms with Crippen LogP contribution in [0.2, 0.25) is 0 Å². The van der Waals surface area contributed by atoms with Gasteiger partial charge in [0.15, 0.2) is 9.84 Å². The van der Waals surface area contributed by atoms with E-state index in [0.717, 1.165) is 6.26 Å². The van der Waals surface area contributed by atoms with Crippen LogP contribution in [0.5, 0.6) is 0 Å². The molecule has 0 saturated heterocycles. The molecular formula is C18H19N5O4S2. The molecule has 0 amide bonds. The average molecular weight is 434 g/mol. The molecule has 9 nitrogen and oxygen atoms in total. The molecule has 0 saturated carbocycles. The van der Waals surface area contributed by atoms with Crippen LogP contribution in [0.15, 0.2) is 70.7 Å². The third-order valence-corrected chi connectivity index (χ3v) is 6.45. The van der Waals surface area contributed by atoms with Gasteiger partial charge in [-0.15, -0.1) is 0 Å². The lowest BCUT2D eigenvalue weighted by molar-refractivity contribution is 0.588. The van der Waals surface area contributed by atoms with Crippen LogP contribution in [0.25, 0.3) is 0 Å². The van der Waals surface area contributed by atoms with Gasteiger partial charge < -0.3 is 10.6 Å². The summed E-state index contributed by atoms with van der Waals surface area (Å²) in [7, 11) is -5.47. The Morgan fingerprint density at radius 1 is 0.759 bits per heavy atom. The molecule has 3 N–H and O–H groups in total. The Morgan fingerprint density at radius 2 is 1.38 bits per heavy atom. The Morgan fingerprint density at radius 3 is 1.97 bits per heavy atom. The van der Waals surface area contributed by atoms with Crippen LogP contribution in [0.1, 0.15) is 0 Å². The number of hydrogen-bond acceptors (Lipinski definition) is 8. The number of rotatable bonds is 7. The highest BCUT2D eigenvalue weighted by Gasteiger charge is 2.12. The van der Waals surface area contributed by atoms with Crippen LogP contribution < -0.4 is 15.4 Å². The number of benzene rings is 2. The van der Waals surface area contributed by atoms with Crippen LogP contribution in [0.4, 0.5) is 23.0 Å². The molecule has 11 heteroatoms. The van der Waals surface area contributed by atoms with E-state index in [-0.39, 0.29) is 9.79 Å². The van der Waals surface area contributed by atoms with Gasteiger partial charge in [0.2, 0.25) is 10.0 Å². The van der Waals surface area contributed by atoms with E-state index in [1.165, 1.54) is 37.6 Å². The van der Waals surface area contributed by atoms with Crippen molar-refractivity contribution in [1.82, 2.24) is 14.7 Å². The van der Waals surface area contributed by atoms with E-state index in [0.29, 0.717) is 23.0 Å². The average Bonchev–Trinajstić information content (AvgIpc) is 2.68. The summed E-state index contributed by atoms with van der Waals surface area (Å²) in [5.74, 6) is 0.933. The third kappa shape index (κ3) is 5.28. The van der Waals surface area contributed by atoms with Gasteiger partial charge in [0.1, 0.15) is 18.0 Å². The summed E-state index contributed by atoms with van der Waals surface area (Å²) in [5, 5.41) is 6.09. The smallest absolute Gasteiger partial charge is 0.240 e. The zero-order valence-electron chi connectivity index (χ0n) is 15.6. The molecule has 0 spiro atoms. The Hall–Kier alpha value is -3.02. The monoisotopic (exact) mass is 433 g/mol. The van der Waals surface area contributed by atoms with Crippen molar-refractivity contribution in [3.8, 4) is 0 Å². The lowest BCUT2D eigenvalue weighted by Crippen LogP contribution is -2.18. The van der Waals surface area contributed by atoms with Gasteiger partial charge in [-0.25, -0.2) is 31.5 Å². The van der Waals surface area contributed by atoms with Crippen molar-refractivity contribution in [2.45, 2.75) is 9.79 Å². The lowest BCUT2D eigenvalue weighted by Gasteiger charge is -2.10. The minimum atomic E-state index is -3.55. The van der Waals surface area contributed by atoms with E-state index in [2.05, 4.69) is 25.3 Å². The first-order chi connectivity index (χ1) is 13.7. The normalized spacial score (nSPS) is 11.8. The zero-order valence-corrected chi connectivity index (χ0v) is 17.3. The highest BCUT2D eigenvalue weighted by atomic mass is 32.2. The van der Waals surface area contributed by atoms with Gasteiger partial charge in [-0.3, -0.25) is 0 Å². The number of aromatic nitrogens is 2. The molecule has 3 rings (SSSR count). The zero-order chi connectivity index (χ0) is 21.1. The first-order valence-electron chi connectivity index (χ1n) is 8.37. The van der Waals surface area contributed by atoms with E-state index < -0.39 is 19.9 Å². The van der Waals surface area contributed by atoms with E-state index >= 15 is 0 Å². The molecule has 1 aromatic heterocycles. The molecule has 1 heterocycles. The van der Waals surface area contributed by atoms with Crippen LogP contribution in [-0.4, -0.2) is 40.1 Å². The topological polar surface area (TPSA) is 130 Å². The molecule has 0 bridgehead atoms. The van der Waals surface area contributed by atoms with Crippen molar-refractivity contribution in [3.05, 3.63) is 60.9 Å². The first kappa shape index (κ1) is 20.7. The highest BCUT2D eigenvalue weighted by Crippen LogP contribution is 2.22. The number of hydrogen-bond donors (Lipinski definition) is 3. The number of sulfonamides is 1. The fourth-order valence-electron chi connectivity index (χ4n) is 2.43. The summed E-state index contributed by atoms with van der Waals surface area (Å²) in [6, 6.07) is 14.2. The minimum Gasteiger partial charge on any atom is -0.340 e. The second-order valence-corrected chi connectivity index (χ2v) is 9.97. The number of nitrogens with one attached hydrogen (secondary N) is 3. The Bertz CT molecular complexity index is 1230. The van der Waals surface area contributed by atoms with Gasteiger partial charge in [-0.1, -0.05) is 6.07 Å². The van der Waals surface area contributed by atoms with Crippen molar-refractivity contribution >= 4 is 42.9 Å². The Labute approximate surface area is 169 Å². The summed E-state index contributed by atoms with van der Waals surface area (Å²) in [6.45, 7) is 0. The molecular weight excluding hydrogens is 414 g/mol. The number of anilines is 4. The quantitative estimate of drug-likeness (QED) is 0.517. The molecule has 0 aliphatic carbocycles. The predicted octanol–water partition coefficient (Wildman–Crippen LogP) is 2.28.